The van der Waals surface area contributed by atoms with Gasteiger partial charge in [0.15, 0.2) is 0 Å². The molecule has 21 heavy (non-hydrogen) atoms. The molecule has 1 aliphatic carbocycles. The highest BCUT2D eigenvalue weighted by Gasteiger charge is 2.32. The van der Waals surface area contributed by atoms with Gasteiger partial charge in [-0.1, -0.05) is 25.0 Å². The van der Waals surface area contributed by atoms with Crippen LogP contribution in [0.25, 0.3) is 0 Å². The fourth-order valence-electron chi connectivity index (χ4n) is 2.63. The smallest absolute Gasteiger partial charge is 0.240 e. The number of nitrogens with one attached hydrogen (secondary N) is 1. The molecule has 1 aromatic rings. The van der Waals surface area contributed by atoms with Crippen molar-refractivity contribution in [2.45, 2.75) is 49.0 Å². The van der Waals surface area contributed by atoms with Gasteiger partial charge >= 0.3 is 0 Å². The molecule has 0 heterocycles. The largest absolute Gasteiger partial charge is 0.389 e. The van der Waals surface area contributed by atoms with Crippen molar-refractivity contribution in [3.63, 3.8) is 0 Å². The normalized spacial score (nSPS) is 18.0. The Hall–Kier alpha value is -0.620. The molecule has 0 saturated heterocycles. The lowest BCUT2D eigenvalue weighted by molar-refractivity contribution is 0.0532. The topological polar surface area (TPSA) is 66.4 Å². The lowest BCUT2D eigenvalue weighted by Gasteiger charge is -2.22. The van der Waals surface area contributed by atoms with Crippen LogP contribution in [0.1, 0.15) is 37.7 Å². The number of sulfonamides is 1. The van der Waals surface area contributed by atoms with E-state index in [0.717, 1.165) is 31.2 Å². The van der Waals surface area contributed by atoms with Crippen LogP contribution in [0, 0.1) is 0 Å². The van der Waals surface area contributed by atoms with Crippen LogP contribution in [0.2, 0.25) is 0 Å². The number of aryl methyl sites for hydroxylation is 1. The SMILES string of the molecule is O=S(=O)(NCC1(O)CCCC1)c1ccc(CCCCl)cc1. The van der Waals surface area contributed by atoms with Crippen LogP contribution in [0.5, 0.6) is 0 Å². The van der Waals surface area contributed by atoms with Crippen LogP contribution in [0.15, 0.2) is 29.2 Å². The Morgan fingerprint density at radius 1 is 1.19 bits per heavy atom. The van der Waals surface area contributed by atoms with Crippen LogP contribution >= 0.6 is 11.6 Å². The second-order valence-corrected chi connectivity index (χ2v) is 7.84. The summed E-state index contributed by atoms with van der Waals surface area (Å²) in [5.41, 5.74) is 0.192. The Balaban J connectivity index is 1.98. The first-order valence-electron chi connectivity index (χ1n) is 7.32. The van der Waals surface area contributed by atoms with E-state index in [4.69, 9.17) is 11.6 Å². The maximum Gasteiger partial charge on any atom is 0.240 e. The summed E-state index contributed by atoms with van der Waals surface area (Å²) < 4.78 is 26.9. The van der Waals surface area contributed by atoms with Crippen LogP contribution < -0.4 is 4.72 Å². The molecule has 1 aliphatic rings. The quantitative estimate of drug-likeness (QED) is 0.754. The van der Waals surface area contributed by atoms with Gasteiger partial charge in [-0.05, 0) is 43.4 Å². The van der Waals surface area contributed by atoms with Gasteiger partial charge in [0.1, 0.15) is 0 Å². The number of halogens is 1. The standard InChI is InChI=1S/C15H22ClNO3S/c16-11-3-4-13-5-7-14(8-6-13)21(19,20)17-12-15(18)9-1-2-10-15/h5-8,17-18H,1-4,9-12H2. The van der Waals surface area contributed by atoms with Crippen LogP contribution in [0.4, 0.5) is 0 Å². The zero-order chi connectivity index (χ0) is 15.3. The van der Waals surface area contributed by atoms with Crippen molar-refractivity contribution in [2.24, 2.45) is 0 Å². The van der Waals surface area contributed by atoms with E-state index in [1.165, 1.54) is 0 Å². The summed E-state index contributed by atoms with van der Waals surface area (Å²) in [7, 11) is -3.56. The predicted octanol–water partition coefficient (Wildman–Crippen LogP) is 2.44. The number of benzene rings is 1. The minimum absolute atomic E-state index is 0.0866. The van der Waals surface area contributed by atoms with Gasteiger partial charge in [0.25, 0.3) is 0 Å². The molecule has 0 atom stereocenters. The summed E-state index contributed by atoms with van der Waals surface area (Å²) in [5.74, 6) is 0.597. The molecule has 0 bridgehead atoms. The first kappa shape index (κ1) is 16.7. The predicted molar refractivity (Wildman–Crippen MR) is 84.1 cm³/mol. The summed E-state index contributed by atoms with van der Waals surface area (Å²) in [6.45, 7) is 0.0866. The van der Waals surface area contributed by atoms with Crippen LogP contribution in [-0.2, 0) is 16.4 Å². The van der Waals surface area contributed by atoms with E-state index >= 15 is 0 Å². The highest BCUT2D eigenvalue weighted by atomic mass is 35.5. The van der Waals surface area contributed by atoms with Crippen molar-refractivity contribution in [2.75, 3.05) is 12.4 Å². The van der Waals surface area contributed by atoms with Crippen LogP contribution in [-0.4, -0.2) is 31.6 Å². The van der Waals surface area contributed by atoms with Crippen LogP contribution in [0.3, 0.4) is 0 Å². The van der Waals surface area contributed by atoms with Gasteiger partial charge in [-0.15, -0.1) is 11.6 Å². The van der Waals surface area contributed by atoms with E-state index in [9.17, 15) is 13.5 Å². The third-order valence-electron chi connectivity index (χ3n) is 3.96. The summed E-state index contributed by atoms with van der Waals surface area (Å²) in [5, 5.41) is 10.2. The maximum atomic E-state index is 12.2. The fraction of sp³-hybridized carbons (Fsp3) is 0.600. The third kappa shape index (κ3) is 4.68. The van der Waals surface area contributed by atoms with E-state index < -0.39 is 15.6 Å². The molecular weight excluding hydrogens is 310 g/mol. The monoisotopic (exact) mass is 331 g/mol. The summed E-state index contributed by atoms with van der Waals surface area (Å²) in [6.07, 6.45) is 4.94. The van der Waals surface area contributed by atoms with Crippen molar-refractivity contribution in [3.05, 3.63) is 29.8 Å². The highest BCUT2D eigenvalue weighted by Crippen LogP contribution is 2.29. The van der Waals surface area contributed by atoms with E-state index in [-0.39, 0.29) is 11.4 Å². The molecule has 0 aliphatic heterocycles. The summed E-state index contributed by atoms with van der Waals surface area (Å²) >= 11 is 5.64. The van der Waals surface area contributed by atoms with E-state index in [1.54, 1.807) is 12.1 Å². The highest BCUT2D eigenvalue weighted by molar-refractivity contribution is 7.89. The molecule has 2 N–H and O–H groups in total. The van der Waals surface area contributed by atoms with Gasteiger partial charge in [-0.3, -0.25) is 0 Å². The maximum absolute atomic E-state index is 12.2. The average Bonchev–Trinajstić information content (AvgIpc) is 2.91. The Morgan fingerprint density at radius 2 is 1.81 bits per heavy atom. The number of aliphatic hydroxyl groups is 1. The Bertz CT molecular complexity index is 551. The number of alkyl halides is 1. The second kappa shape index (κ2) is 7.09. The Labute approximate surface area is 131 Å². The molecule has 0 aromatic heterocycles. The number of hydrogen-bond acceptors (Lipinski definition) is 3. The minimum Gasteiger partial charge on any atom is -0.389 e. The zero-order valence-electron chi connectivity index (χ0n) is 12.0. The zero-order valence-corrected chi connectivity index (χ0v) is 13.6. The molecule has 0 radical (unpaired) electrons. The summed E-state index contributed by atoms with van der Waals surface area (Å²) in [6, 6.07) is 6.83. The van der Waals surface area contributed by atoms with Crippen molar-refractivity contribution in [1.82, 2.24) is 4.72 Å². The molecular formula is C15H22ClNO3S. The molecule has 6 heteroatoms. The minimum atomic E-state index is -3.56. The van der Waals surface area contributed by atoms with Crippen molar-refractivity contribution < 1.29 is 13.5 Å². The van der Waals surface area contributed by atoms with Gasteiger partial charge in [0.05, 0.1) is 10.5 Å². The van der Waals surface area contributed by atoms with Gasteiger partial charge in [0, 0.05) is 12.4 Å². The van der Waals surface area contributed by atoms with Gasteiger partial charge in [-0.2, -0.15) is 0 Å². The first-order chi connectivity index (χ1) is 9.95. The van der Waals surface area contributed by atoms with E-state index in [1.807, 2.05) is 12.1 Å². The molecule has 0 amide bonds. The second-order valence-electron chi connectivity index (χ2n) is 5.69. The summed E-state index contributed by atoms with van der Waals surface area (Å²) in [4.78, 5) is 0.235. The lowest BCUT2D eigenvalue weighted by atomic mass is 10.0. The molecule has 0 unspecified atom stereocenters. The van der Waals surface area contributed by atoms with Gasteiger partial charge < -0.3 is 5.11 Å². The van der Waals surface area contributed by atoms with E-state index in [2.05, 4.69) is 4.72 Å². The molecule has 118 valence electrons. The van der Waals surface area contributed by atoms with Crippen molar-refractivity contribution in [3.8, 4) is 0 Å². The Morgan fingerprint density at radius 3 is 2.38 bits per heavy atom. The Kier molecular flexibility index (Phi) is 5.66. The van der Waals surface area contributed by atoms with E-state index in [0.29, 0.717) is 18.7 Å². The lowest BCUT2D eigenvalue weighted by Crippen LogP contribution is -2.40. The molecule has 1 fully saturated rings. The number of rotatable bonds is 7. The third-order valence-corrected chi connectivity index (χ3v) is 5.64. The molecule has 1 saturated carbocycles. The molecule has 2 rings (SSSR count). The van der Waals surface area contributed by atoms with Gasteiger partial charge in [0.2, 0.25) is 10.0 Å². The van der Waals surface area contributed by atoms with Gasteiger partial charge in [-0.25, -0.2) is 13.1 Å². The molecule has 0 spiro atoms. The molecule has 1 aromatic carbocycles. The molecule has 4 nitrogen and oxygen atoms in total. The average molecular weight is 332 g/mol. The number of hydrogen-bond donors (Lipinski definition) is 2. The first-order valence-corrected chi connectivity index (χ1v) is 9.34. The van der Waals surface area contributed by atoms with Crippen molar-refractivity contribution >= 4 is 21.6 Å². The van der Waals surface area contributed by atoms with Crippen molar-refractivity contribution in [1.29, 1.82) is 0 Å². The fourth-order valence-corrected chi connectivity index (χ4v) is 3.88.